The summed E-state index contributed by atoms with van der Waals surface area (Å²) in [5, 5.41) is 0. The lowest BCUT2D eigenvalue weighted by molar-refractivity contribution is 1.27. The van der Waals surface area contributed by atoms with Gasteiger partial charge in [0.1, 0.15) is 0 Å². The molecular weight excluding hydrogens is 285 g/mol. The molecule has 0 saturated heterocycles. The number of benzene rings is 1. The molecule has 70 valence electrons. The zero-order valence-corrected chi connectivity index (χ0v) is 10.0. The van der Waals surface area contributed by atoms with E-state index in [9.17, 15) is 0 Å². The third-order valence-corrected chi connectivity index (χ3v) is 2.77. The van der Waals surface area contributed by atoms with Gasteiger partial charge in [-0.3, -0.25) is 4.98 Å². The average Bonchev–Trinajstić information content (AvgIpc) is 2.21. The van der Waals surface area contributed by atoms with Crippen LogP contribution in [0, 0.1) is 10.5 Å². The summed E-state index contributed by atoms with van der Waals surface area (Å²) in [6.45, 7) is 2.05. The van der Waals surface area contributed by atoms with Crippen LogP contribution in [-0.2, 0) is 0 Å². The maximum Gasteiger partial charge on any atom is 0.0702 e. The maximum absolute atomic E-state index is 4.38. The summed E-state index contributed by atoms with van der Waals surface area (Å²) >= 11 is 2.30. The predicted molar refractivity (Wildman–Crippen MR) is 67.1 cm³/mol. The van der Waals surface area contributed by atoms with E-state index in [4.69, 9.17) is 0 Å². The topological polar surface area (TPSA) is 12.9 Å². The molecule has 1 aromatic heterocycles. The number of pyridine rings is 1. The van der Waals surface area contributed by atoms with Crippen LogP contribution in [0.25, 0.3) is 11.3 Å². The predicted octanol–water partition coefficient (Wildman–Crippen LogP) is 3.66. The maximum atomic E-state index is 4.38. The summed E-state index contributed by atoms with van der Waals surface area (Å²) in [6, 6.07) is 12.5. The fourth-order valence-electron chi connectivity index (χ4n) is 1.26. The Labute approximate surface area is 97.3 Å². The van der Waals surface area contributed by atoms with Crippen molar-refractivity contribution < 1.29 is 0 Å². The highest BCUT2D eigenvalue weighted by Gasteiger charge is 1.97. The monoisotopic (exact) mass is 295 g/mol. The Morgan fingerprint density at radius 1 is 1.00 bits per heavy atom. The fourth-order valence-corrected chi connectivity index (χ4v) is 1.62. The zero-order valence-electron chi connectivity index (χ0n) is 7.87. The number of rotatable bonds is 1. The second-order valence-electron chi connectivity index (χ2n) is 3.23. The third-order valence-electron chi connectivity index (χ3n) is 2.05. The number of nitrogens with zero attached hydrogens (tertiary/aromatic N) is 1. The molecule has 0 spiro atoms. The van der Waals surface area contributed by atoms with Crippen molar-refractivity contribution in [3.8, 4) is 11.3 Å². The van der Waals surface area contributed by atoms with E-state index >= 15 is 0 Å². The van der Waals surface area contributed by atoms with Gasteiger partial charge in [-0.25, -0.2) is 0 Å². The Morgan fingerprint density at radius 3 is 2.29 bits per heavy atom. The molecule has 0 atom stereocenters. The van der Waals surface area contributed by atoms with Crippen LogP contribution in [0.2, 0.25) is 0 Å². The molecule has 1 aromatic carbocycles. The summed E-state index contributed by atoms with van der Waals surface area (Å²) < 4.78 is 1.25. The van der Waals surface area contributed by atoms with Gasteiger partial charge in [0.25, 0.3) is 0 Å². The molecule has 14 heavy (non-hydrogen) atoms. The lowest BCUT2D eigenvalue weighted by atomic mass is 10.1. The first-order chi connectivity index (χ1) is 6.75. The molecule has 1 heterocycles. The van der Waals surface area contributed by atoms with Crippen molar-refractivity contribution in [3.63, 3.8) is 0 Å². The molecule has 0 aliphatic heterocycles. The van der Waals surface area contributed by atoms with Crippen LogP contribution in [0.1, 0.15) is 5.56 Å². The minimum Gasteiger partial charge on any atom is -0.256 e. The van der Waals surface area contributed by atoms with Gasteiger partial charge in [0.05, 0.1) is 5.69 Å². The van der Waals surface area contributed by atoms with Crippen LogP contribution in [0.15, 0.2) is 42.6 Å². The summed E-state index contributed by atoms with van der Waals surface area (Å²) in [6.07, 6.45) is 1.90. The first kappa shape index (κ1) is 9.65. The number of aryl methyl sites for hydroxylation is 1. The first-order valence-corrected chi connectivity index (χ1v) is 5.52. The van der Waals surface area contributed by atoms with E-state index in [1.165, 1.54) is 14.7 Å². The second kappa shape index (κ2) is 4.09. The lowest BCUT2D eigenvalue weighted by Crippen LogP contribution is -1.83. The summed E-state index contributed by atoms with van der Waals surface area (Å²) in [4.78, 5) is 4.38. The van der Waals surface area contributed by atoms with Crippen molar-refractivity contribution in [2.24, 2.45) is 0 Å². The fraction of sp³-hybridized carbons (Fsp3) is 0.0833. The molecule has 0 bridgehead atoms. The zero-order chi connectivity index (χ0) is 9.97. The van der Waals surface area contributed by atoms with Gasteiger partial charge >= 0.3 is 0 Å². The van der Waals surface area contributed by atoms with Crippen molar-refractivity contribution in [1.82, 2.24) is 4.98 Å². The molecule has 0 fully saturated rings. The van der Waals surface area contributed by atoms with Gasteiger partial charge in [0.2, 0.25) is 0 Å². The molecule has 0 unspecified atom stereocenters. The summed E-state index contributed by atoms with van der Waals surface area (Å²) in [7, 11) is 0. The molecule has 0 radical (unpaired) electrons. The molecule has 1 nitrogen and oxygen atoms in total. The lowest BCUT2D eigenvalue weighted by Gasteiger charge is -2.00. The number of halogens is 1. The quantitative estimate of drug-likeness (QED) is 0.732. The Balaban J connectivity index is 2.40. The molecule has 2 heteroatoms. The first-order valence-electron chi connectivity index (χ1n) is 4.44. The Hall–Kier alpha value is -0.900. The molecule has 2 rings (SSSR count). The van der Waals surface area contributed by atoms with Gasteiger partial charge in [0, 0.05) is 15.3 Å². The minimum absolute atomic E-state index is 1.03. The van der Waals surface area contributed by atoms with E-state index in [2.05, 4.69) is 64.0 Å². The van der Waals surface area contributed by atoms with Gasteiger partial charge in [-0.05, 0) is 53.3 Å². The van der Waals surface area contributed by atoms with Crippen LogP contribution in [-0.4, -0.2) is 4.98 Å². The number of hydrogen-bond acceptors (Lipinski definition) is 1. The van der Waals surface area contributed by atoms with E-state index < -0.39 is 0 Å². The standard InChI is InChI=1S/C12H10IN/c1-9-2-7-12(14-8-9)10-3-5-11(13)6-4-10/h2-8H,1H3. The summed E-state index contributed by atoms with van der Waals surface area (Å²) in [5.74, 6) is 0. The van der Waals surface area contributed by atoms with Crippen LogP contribution < -0.4 is 0 Å². The van der Waals surface area contributed by atoms with Gasteiger partial charge in [0.15, 0.2) is 0 Å². The van der Waals surface area contributed by atoms with Crippen molar-refractivity contribution in [2.75, 3.05) is 0 Å². The van der Waals surface area contributed by atoms with Crippen LogP contribution in [0.3, 0.4) is 0 Å². The third kappa shape index (κ3) is 2.12. The van der Waals surface area contributed by atoms with Crippen molar-refractivity contribution in [3.05, 3.63) is 51.7 Å². The highest BCUT2D eigenvalue weighted by molar-refractivity contribution is 14.1. The average molecular weight is 295 g/mol. The number of hydrogen-bond donors (Lipinski definition) is 0. The highest BCUT2D eigenvalue weighted by atomic mass is 127. The van der Waals surface area contributed by atoms with Gasteiger partial charge in [-0.15, -0.1) is 0 Å². The molecule has 2 aromatic rings. The van der Waals surface area contributed by atoms with Crippen LogP contribution >= 0.6 is 22.6 Å². The molecule has 0 saturated carbocycles. The second-order valence-corrected chi connectivity index (χ2v) is 4.47. The van der Waals surface area contributed by atoms with Gasteiger partial charge in [-0.2, -0.15) is 0 Å². The van der Waals surface area contributed by atoms with Crippen molar-refractivity contribution >= 4 is 22.6 Å². The van der Waals surface area contributed by atoms with Crippen molar-refractivity contribution in [2.45, 2.75) is 6.92 Å². The van der Waals surface area contributed by atoms with E-state index in [0.29, 0.717) is 0 Å². The number of aromatic nitrogens is 1. The Kier molecular flexibility index (Phi) is 2.82. The molecule has 0 amide bonds. The van der Waals surface area contributed by atoms with Crippen LogP contribution in [0.5, 0.6) is 0 Å². The Morgan fingerprint density at radius 2 is 1.71 bits per heavy atom. The van der Waals surface area contributed by atoms with E-state index in [-0.39, 0.29) is 0 Å². The van der Waals surface area contributed by atoms with Gasteiger partial charge < -0.3 is 0 Å². The SMILES string of the molecule is Cc1ccc(-c2ccc(I)cc2)nc1. The van der Waals surface area contributed by atoms with E-state index in [0.717, 1.165) is 5.69 Å². The molecule has 0 N–H and O–H groups in total. The van der Waals surface area contributed by atoms with Gasteiger partial charge in [-0.1, -0.05) is 18.2 Å². The highest BCUT2D eigenvalue weighted by Crippen LogP contribution is 2.18. The summed E-state index contributed by atoms with van der Waals surface area (Å²) in [5.41, 5.74) is 3.40. The smallest absolute Gasteiger partial charge is 0.0702 e. The minimum atomic E-state index is 1.03. The molecule has 0 aliphatic carbocycles. The molecular formula is C12H10IN. The largest absolute Gasteiger partial charge is 0.256 e. The molecule has 0 aliphatic rings. The normalized spacial score (nSPS) is 10.1. The Bertz CT molecular complexity index is 374. The van der Waals surface area contributed by atoms with E-state index in [1.807, 2.05) is 13.1 Å². The van der Waals surface area contributed by atoms with E-state index in [1.54, 1.807) is 0 Å². The van der Waals surface area contributed by atoms with Crippen molar-refractivity contribution in [1.29, 1.82) is 0 Å². The van der Waals surface area contributed by atoms with Crippen LogP contribution in [0.4, 0.5) is 0 Å².